The molecular weight excluding hydrogens is 216 g/mol. The molecule has 2 unspecified atom stereocenters. The third kappa shape index (κ3) is 2.73. The van der Waals surface area contributed by atoms with Crippen LogP contribution in [0.5, 0.6) is 0 Å². The molecule has 0 aromatic carbocycles. The SMILES string of the molecule is CC1CC(C)SC(=NCC2(C(C)C)CC2)N1. The topological polar surface area (TPSA) is 24.4 Å². The monoisotopic (exact) mass is 240 g/mol. The van der Waals surface area contributed by atoms with Crippen LogP contribution in [0.1, 0.15) is 47.0 Å². The number of nitrogens with one attached hydrogen (secondary N) is 1. The van der Waals surface area contributed by atoms with Crippen molar-refractivity contribution in [3.63, 3.8) is 0 Å². The summed E-state index contributed by atoms with van der Waals surface area (Å²) in [5.41, 5.74) is 0.541. The molecule has 0 aromatic rings. The Bertz CT molecular complexity index is 270. The van der Waals surface area contributed by atoms with E-state index in [2.05, 4.69) is 33.0 Å². The molecule has 92 valence electrons. The van der Waals surface area contributed by atoms with Crippen molar-refractivity contribution in [2.75, 3.05) is 6.54 Å². The smallest absolute Gasteiger partial charge is 0.157 e. The highest BCUT2D eigenvalue weighted by molar-refractivity contribution is 8.14. The second-order valence-corrected chi connectivity index (χ2v) is 7.28. The standard InChI is InChI=1S/C13H24N2S/c1-9(2)13(5-6-13)8-14-12-15-10(3)7-11(4)16-12/h9-11H,5-8H2,1-4H3,(H,14,15). The van der Waals surface area contributed by atoms with Gasteiger partial charge in [-0.05, 0) is 37.5 Å². The van der Waals surface area contributed by atoms with Crippen molar-refractivity contribution in [2.45, 2.75) is 58.2 Å². The lowest BCUT2D eigenvalue weighted by molar-refractivity contribution is 0.371. The van der Waals surface area contributed by atoms with Gasteiger partial charge in [-0.2, -0.15) is 0 Å². The van der Waals surface area contributed by atoms with Gasteiger partial charge in [-0.25, -0.2) is 0 Å². The van der Waals surface area contributed by atoms with E-state index in [4.69, 9.17) is 4.99 Å². The zero-order chi connectivity index (χ0) is 11.8. The number of rotatable bonds is 3. The van der Waals surface area contributed by atoms with Crippen LogP contribution in [0, 0.1) is 11.3 Å². The Morgan fingerprint density at radius 2 is 2.12 bits per heavy atom. The van der Waals surface area contributed by atoms with E-state index in [1.54, 1.807) is 0 Å². The first-order chi connectivity index (χ1) is 7.52. The normalized spacial score (nSPS) is 35.2. The van der Waals surface area contributed by atoms with Gasteiger partial charge in [0.25, 0.3) is 0 Å². The molecule has 2 atom stereocenters. The molecule has 0 bridgehead atoms. The summed E-state index contributed by atoms with van der Waals surface area (Å²) in [4.78, 5) is 4.81. The number of amidine groups is 1. The van der Waals surface area contributed by atoms with Crippen molar-refractivity contribution in [2.24, 2.45) is 16.3 Å². The zero-order valence-corrected chi connectivity index (χ0v) is 11.7. The molecule has 3 heteroatoms. The van der Waals surface area contributed by atoms with Crippen LogP contribution < -0.4 is 5.32 Å². The summed E-state index contributed by atoms with van der Waals surface area (Å²) in [6.45, 7) is 10.2. The van der Waals surface area contributed by atoms with E-state index in [9.17, 15) is 0 Å². The molecule has 1 saturated heterocycles. The first-order valence-corrected chi connectivity index (χ1v) is 7.37. The fraction of sp³-hybridized carbons (Fsp3) is 0.923. The molecular formula is C13H24N2S. The molecule has 1 N–H and O–H groups in total. The Morgan fingerprint density at radius 3 is 2.62 bits per heavy atom. The molecule has 0 aromatic heterocycles. The van der Waals surface area contributed by atoms with Gasteiger partial charge < -0.3 is 5.32 Å². The highest BCUT2D eigenvalue weighted by atomic mass is 32.2. The van der Waals surface area contributed by atoms with Crippen molar-refractivity contribution in [1.29, 1.82) is 0 Å². The van der Waals surface area contributed by atoms with Crippen LogP contribution in [0.25, 0.3) is 0 Å². The van der Waals surface area contributed by atoms with Crippen LogP contribution >= 0.6 is 11.8 Å². The van der Waals surface area contributed by atoms with Crippen molar-refractivity contribution < 1.29 is 0 Å². The third-order valence-corrected chi connectivity index (χ3v) is 5.09. The molecule has 1 heterocycles. The minimum absolute atomic E-state index is 0.541. The molecule has 0 radical (unpaired) electrons. The number of thioether (sulfide) groups is 1. The summed E-state index contributed by atoms with van der Waals surface area (Å²) in [5, 5.41) is 5.39. The van der Waals surface area contributed by atoms with Gasteiger partial charge in [0.05, 0.1) is 0 Å². The molecule has 0 amide bonds. The van der Waals surface area contributed by atoms with Gasteiger partial charge in [-0.1, -0.05) is 32.5 Å². The summed E-state index contributed by atoms with van der Waals surface area (Å²) in [5.74, 6) is 0.778. The van der Waals surface area contributed by atoms with Gasteiger partial charge in [0.15, 0.2) is 5.17 Å². The van der Waals surface area contributed by atoms with Crippen LogP contribution in [-0.4, -0.2) is 23.0 Å². The maximum atomic E-state index is 4.81. The molecule has 1 aliphatic carbocycles. The third-order valence-electron chi connectivity index (χ3n) is 4.02. The van der Waals surface area contributed by atoms with Gasteiger partial charge in [0.1, 0.15) is 0 Å². The molecule has 0 spiro atoms. The fourth-order valence-corrected chi connectivity index (χ4v) is 3.61. The van der Waals surface area contributed by atoms with Gasteiger partial charge in [-0.15, -0.1) is 0 Å². The summed E-state index contributed by atoms with van der Waals surface area (Å²) < 4.78 is 0. The highest BCUT2D eigenvalue weighted by Crippen LogP contribution is 2.52. The fourth-order valence-electron chi connectivity index (χ4n) is 2.43. The maximum absolute atomic E-state index is 4.81. The largest absolute Gasteiger partial charge is 0.362 e. The summed E-state index contributed by atoms with van der Waals surface area (Å²) in [6, 6.07) is 0.587. The average Bonchev–Trinajstić information content (AvgIpc) is 2.94. The van der Waals surface area contributed by atoms with E-state index >= 15 is 0 Å². The van der Waals surface area contributed by atoms with Gasteiger partial charge in [0, 0.05) is 17.8 Å². The molecule has 16 heavy (non-hydrogen) atoms. The molecule has 2 fully saturated rings. The lowest BCUT2D eigenvalue weighted by Crippen LogP contribution is -2.38. The van der Waals surface area contributed by atoms with Crippen LogP contribution in [0.15, 0.2) is 4.99 Å². The number of aliphatic imine (C=N–C) groups is 1. The first kappa shape index (κ1) is 12.3. The van der Waals surface area contributed by atoms with Crippen molar-refractivity contribution in [3.8, 4) is 0 Å². The Hall–Kier alpha value is -0.180. The Labute approximate surface area is 104 Å². The van der Waals surface area contributed by atoms with Gasteiger partial charge in [0.2, 0.25) is 0 Å². The molecule has 2 rings (SSSR count). The summed E-state index contributed by atoms with van der Waals surface area (Å²) >= 11 is 1.91. The Morgan fingerprint density at radius 1 is 1.44 bits per heavy atom. The number of hydrogen-bond donors (Lipinski definition) is 1. The molecule has 2 aliphatic rings. The van der Waals surface area contributed by atoms with E-state index in [0.29, 0.717) is 16.7 Å². The molecule has 2 nitrogen and oxygen atoms in total. The van der Waals surface area contributed by atoms with Crippen molar-refractivity contribution in [3.05, 3.63) is 0 Å². The van der Waals surface area contributed by atoms with Crippen molar-refractivity contribution in [1.82, 2.24) is 5.32 Å². The predicted molar refractivity (Wildman–Crippen MR) is 73.1 cm³/mol. The average molecular weight is 240 g/mol. The van der Waals surface area contributed by atoms with Crippen LogP contribution in [0.2, 0.25) is 0 Å². The lowest BCUT2D eigenvalue weighted by atomic mass is 9.93. The molecule has 1 aliphatic heterocycles. The van der Waals surface area contributed by atoms with E-state index in [1.807, 2.05) is 11.8 Å². The predicted octanol–water partition coefficient (Wildman–Crippen LogP) is 3.28. The number of hydrogen-bond acceptors (Lipinski definition) is 2. The minimum atomic E-state index is 0.541. The second kappa shape index (κ2) is 4.59. The number of nitrogens with zero attached hydrogens (tertiary/aromatic N) is 1. The van der Waals surface area contributed by atoms with E-state index < -0.39 is 0 Å². The maximum Gasteiger partial charge on any atom is 0.157 e. The Kier molecular flexibility index (Phi) is 3.53. The second-order valence-electron chi connectivity index (χ2n) is 5.85. The summed E-state index contributed by atoms with van der Waals surface area (Å²) in [6.07, 6.45) is 3.99. The summed E-state index contributed by atoms with van der Waals surface area (Å²) in [7, 11) is 0. The first-order valence-electron chi connectivity index (χ1n) is 6.49. The van der Waals surface area contributed by atoms with E-state index in [0.717, 1.165) is 12.5 Å². The highest BCUT2D eigenvalue weighted by Gasteiger charge is 2.45. The van der Waals surface area contributed by atoms with Crippen LogP contribution in [-0.2, 0) is 0 Å². The zero-order valence-electron chi connectivity index (χ0n) is 10.9. The van der Waals surface area contributed by atoms with Gasteiger partial charge >= 0.3 is 0 Å². The van der Waals surface area contributed by atoms with Crippen LogP contribution in [0.4, 0.5) is 0 Å². The van der Waals surface area contributed by atoms with Gasteiger partial charge in [-0.3, -0.25) is 4.99 Å². The Balaban J connectivity index is 1.92. The quantitative estimate of drug-likeness (QED) is 0.818. The molecule has 1 saturated carbocycles. The lowest BCUT2D eigenvalue weighted by Gasteiger charge is -2.27. The minimum Gasteiger partial charge on any atom is -0.362 e. The van der Waals surface area contributed by atoms with Crippen molar-refractivity contribution >= 4 is 16.9 Å². The van der Waals surface area contributed by atoms with E-state index in [-0.39, 0.29) is 0 Å². The van der Waals surface area contributed by atoms with Crippen LogP contribution in [0.3, 0.4) is 0 Å². The van der Waals surface area contributed by atoms with E-state index in [1.165, 1.54) is 24.4 Å².